The molecule has 0 saturated carbocycles. The maximum atomic E-state index is 10.7. The number of carbonyl (C=O) groups is 1. The number of nitrogens with zero attached hydrogens (tertiary/aromatic N) is 1. The van der Waals surface area contributed by atoms with Crippen LogP contribution >= 0.6 is 0 Å². The van der Waals surface area contributed by atoms with Gasteiger partial charge in [0.05, 0.1) is 0 Å². The zero-order valence-electron chi connectivity index (χ0n) is 9.68. The highest BCUT2D eigenvalue weighted by molar-refractivity contribution is 5.75. The van der Waals surface area contributed by atoms with Gasteiger partial charge in [-0.3, -0.25) is 4.79 Å². The van der Waals surface area contributed by atoms with Crippen LogP contribution in [-0.2, 0) is 11.2 Å². The second-order valence-corrected chi connectivity index (χ2v) is 4.11. The van der Waals surface area contributed by atoms with Crippen LogP contribution in [0.25, 0.3) is 0 Å². The van der Waals surface area contributed by atoms with E-state index in [9.17, 15) is 4.79 Å². The molecule has 1 aromatic carbocycles. The molecule has 0 radical (unpaired) electrons. The van der Waals surface area contributed by atoms with Gasteiger partial charge in [0, 0.05) is 6.54 Å². The van der Waals surface area contributed by atoms with E-state index < -0.39 is 12.0 Å². The lowest BCUT2D eigenvalue weighted by Crippen LogP contribution is -2.20. The average Bonchev–Trinajstić information content (AvgIpc) is 2.26. The second-order valence-electron chi connectivity index (χ2n) is 4.11. The van der Waals surface area contributed by atoms with Crippen LogP contribution in [0.4, 0.5) is 0 Å². The van der Waals surface area contributed by atoms with Gasteiger partial charge in [-0.15, -0.1) is 0 Å². The van der Waals surface area contributed by atoms with Crippen LogP contribution in [0, 0.1) is 0 Å². The lowest BCUT2D eigenvalue weighted by Gasteiger charge is -2.10. The Balaban J connectivity index is 2.64. The summed E-state index contributed by atoms with van der Waals surface area (Å²) in [6.07, 6.45) is 0.954. The van der Waals surface area contributed by atoms with Gasteiger partial charge in [-0.1, -0.05) is 24.3 Å². The molecule has 1 unspecified atom stereocenters. The third kappa shape index (κ3) is 3.64. The van der Waals surface area contributed by atoms with Gasteiger partial charge in [-0.05, 0) is 31.6 Å². The molecule has 4 heteroatoms. The van der Waals surface area contributed by atoms with Crippen LogP contribution in [0.3, 0.4) is 0 Å². The summed E-state index contributed by atoms with van der Waals surface area (Å²) in [6, 6.07) is 6.50. The number of rotatable bonds is 5. The molecule has 1 aromatic rings. The number of aliphatic carboxylic acids is 1. The van der Waals surface area contributed by atoms with E-state index in [-0.39, 0.29) is 0 Å². The monoisotopic (exact) mass is 222 g/mol. The van der Waals surface area contributed by atoms with Crippen molar-refractivity contribution < 1.29 is 9.90 Å². The minimum Gasteiger partial charge on any atom is -0.480 e. The molecule has 16 heavy (non-hydrogen) atoms. The largest absolute Gasteiger partial charge is 0.480 e. The third-order valence-corrected chi connectivity index (χ3v) is 2.45. The molecule has 0 amide bonds. The lowest BCUT2D eigenvalue weighted by molar-refractivity contribution is -0.138. The van der Waals surface area contributed by atoms with Crippen LogP contribution < -0.4 is 5.73 Å². The maximum Gasteiger partial charge on any atom is 0.325 e. The van der Waals surface area contributed by atoms with Crippen LogP contribution in [0.5, 0.6) is 0 Å². The minimum atomic E-state index is -0.999. The number of carboxylic acid groups (broad SMARTS) is 1. The fraction of sp³-hybridized carbons (Fsp3) is 0.417. The van der Waals surface area contributed by atoms with Gasteiger partial charge < -0.3 is 15.7 Å². The molecule has 0 aliphatic heterocycles. The number of hydrogen-bond acceptors (Lipinski definition) is 3. The second kappa shape index (κ2) is 5.63. The quantitative estimate of drug-likeness (QED) is 0.776. The fourth-order valence-corrected chi connectivity index (χ4v) is 1.39. The summed E-state index contributed by atoms with van der Waals surface area (Å²) in [5, 5.41) is 8.75. The topological polar surface area (TPSA) is 66.6 Å². The first-order valence-corrected chi connectivity index (χ1v) is 5.22. The van der Waals surface area contributed by atoms with Crippen LogP contribution in [0.1, 0.15) is 17.2 Å². The molecular formula is C12H18N2O2. The Morgan fingerprint density at radius 1 is 1.38 bits per heavy atom. The molecule has 88 valence electrons. The Labute approximate surface area is 95.7 Å². The Bertz CT molecular complexity index is 347. The molecule has 0 aromatic heterocycles. The Morgan fingerprint density at radius 2 is 1.94 bits per heavy atom. The Hall–Kier alpha value is -1.39. The van der Waals surface area contributed by atoms with Crippen molar-refractivity contribution >= 4 is 5.97 Å². The van der Waals surface area contributed by atoms with E-state index >= 15 is 0 Å². The van der Waals surface area contributed by atoms with E-state index in [2.05, 4.69) is 4.90 Å². The van der Waals surface area contributed by atoms with Gasteiger partial charge >= 0.3 is 5.97 Å². The van der Waals surface area contributed by atoms with Crippen LogP contribution in [0.2, 0.25) is 0 Å². The van der Waals surface area contributed by atoms with E-state index in [4.69, 9.17) is 10.8 Å². The van der Waals surface area contributed by atoms with Gasteiger partial charge in [-0.2, -0.15) is 0 Å². The van der Waals surface area contributed by atoms with Gasteiger partial charge in [0.1, 0.15) is 6.04 Å². The van der Waals surface area contributed by atoms with Crippen molar-refractivity contribution in [1.29, 1.82) is 0 Å². The van der Waals surface area contributed by atoms with Crippen LogP contribution in [0.15, 0.2) is 24.3 Å². The highest BCUT2D eigenvalue weighted by atomic mass is 16.4. The number of carboxylic acids is 1. The summed E-state index contributed by atoms with van der Waals surface area (Å²) in [6.45, 7) is 0.977. The zero-order valence-corrected chi connectivity index (χ0v) is 9.68. The highest BCUT2D eigenvalue weighted by Crippen LogP contribution is 2.12. The predicted molar refractivity (Wildman–Crippen MR) is 63.3 cm³/mol. The number of benzene rings is 1. The van der Waals surface area contributed by atoms with Gasteiger partial charge in [0.15, 0.2) is 0 Å². The lowest BCUT2D eigenvalue weighted by atomic mass is 10.0. The van der Waals surface area contributed by atoms with Crippen LogP contribution in [-0.4, -0.2) is 36.6 Å². The summed E-state index contributed by atoms with van der Waals surface area (Å²) < 4.78 is 0. The van der Waals surface area contributed by atoms with Gasteiger partial charge in [0.25, 0.3) is 0 Å². The number of likely N-dealkylation sites (N-methyl/N-ethyl adjacent to an activating group) is 1. The van der Waals surface area contributed by atoms with Crippen molar-refractivity contribution in [3.05, 3.63) is 35.4 Å². The standard InChI is InChI=1S/C12H18N2O2/c1-14(2)8-7-9-3-5-10(6-4-9)11(13)12(15)16/h3-6,11H,7-8,13H2,1-2H3,(H,15,16). The maximum absolute atomic E-state index is 10.7. The van der Waals surface area contributed by atoms with Crippen molar-refractivity contribution in [3.63, 3.8) is 0 Å². The molecule has 0 spiro atoms. The first-order valence-electron chi connectivity index (χ1n) is 5.22. The predicted octanol–water partition coefficient (Wildman–Crippen LogP) is 0.875. The summed E-state index contributed by atoms with van der Waals surface area (Å²) >= 11 is 0. The Kier molecular flexibility index (Phi) is 4.46. The average molecular weight is 222 g/mol. The molecule has 0 bridgehead atoms. The first kappa shape index (κ1) is 12.7. The molecule has 0 saturated heterocycles. The molecule has 3 N–H and O–H groups in total. The zero-order chi connectivity index (χ0) is 12.1. The third-order valence-electron chi connectivity index (χ3n) is 2.45. The van der Waals surface area contributed by atoms with E-state index in [0.717, 1.165) is 13.0 Å². The summed E-state index contributed by atoms with van der Waals surface area (Å²) in [4.78, 5) is 12.8. The minimum absolute atomic E-state index is 0.640. The molecule has 1 atom stereocenters. The Morgan fingerprint density at radius 3 is 2.38 bits per heavy atom. The van der Waals surface area contributed by atoms with E-state index in [1.807, 2.05) is 26.2 Å². The van der Waals surface area contributed by atoms with E-state index in [1.165, 1.54) is 5.56 Å². The molecule has 0 aliphatic rings. The SMILES string of the molecule is CN(C)CCc1ccc(C(N)C(=O)O)cc1. The molecule has 0 fully saturated rings. The number of nitrogens with two attached hydrogens (primary N) is 1. The summed E-state index contributed by atoms with van der Waals surface area (Å²) in [5.41, 5.74) is 7.33. The molecule has 0 aliphatic carbocycles. The normalized spacial score (nSPS) is 12.8. The summed E-state index contributed by atoms with van der Waals surface area (Å²) in [7, 11) is 4.05. The number of hydrogen-bond donors (Lipinski definition) is 2. The van der Waals surface area contributed by atoms with Gasteiger partial charge in [-0.25, -0.2) is 0 Å². The molecule has 0 heterocycles. The van der Waals surface area contributed by atoms with Crippen molar-refractivity contribution in [2.24, 2.45) is 5.73 Å². The van der Waals surface area contributed by atoms with Crippen molar-refractivity contribution in [1.82, 2.24) is 4.90 Å². The summed E-state index contributed by atoms with van der Waals surface area (Å²) in [5.74, 6) is -0.999. The molecule has 4 nitrogen and oxygen atoms in total. The molecule has 1 rings (SSSR count). The van der Waals surface area contributed by atoms with Gasteiger partial charge in [0.2, 0.25) is 0 Å². The van der Waals surface area contributed by atoms with Crippen molar-refractivity contribution in [2.75, 3.05) is 20.6 Å². The smallest absolute Gasteiger partial charge is 0.325 e. The fourth-order valence-electron chi connectivity index (χ4n) is 1.39. The van der Waals surface area contributed by atoms with E-state index in [1.54, 1.807) is 12.1 Å². The van der Waals surface area contributed by atoms with E-state index in [0.29, 0.717) is 5.56 Å². The molecular weight excluding hydrogens is 204 g/mol. The first-order chi connectivity index (χ1) is 7.50. The highest BCUT2D eigenvalue weighted by Gasteiger charge is 2.13. The van der Waals surface area contributed by atoms with Crippen molar-refractivity contribution in [2.45, 2.75) is 12.5 Å². The van der Waals surface area contributed by atoms with Crippen molar-refractivity contribution in [3.8, 4) is 0 Å².